The SMILES string of the molecule is COc1ccccc1/C=C/C(=O)Nc1nc2n(n1)C(c1ccc(Cl)cc1)CC(=O)N2. The molecule has 3 aromatic rings. The number of ether oxygens (including phenoxy) is 1. The molecule has 4 rings (SSSR count). The number of carbonyl (C=O) groups excluding carboxylic acids is 2. The number of amides is 2. The number of methoxy groups -OCH3 is 1. The molecule has 1 atom stereocenters. The van der Waals surface area contributed by atoms with Crippen molar-refractivity contribution in [2.75, 3.05) is 17.7 Å². The van der Waals surface area contributed by atoms with Crippen LogP contribution in [-0.4, -0.2) is 33.7 Å². The largest absolute Gasteiger partial charge is 0.496 e. The van der Waals surface area contributed by atoms with Gasteiger partial charge in [-0.1, -0.05) is 41.9 Å². The minimum atomic E-state index is -0.404. The number of halogens is 1. The lowest BCUT2D eigenvalue weighted by molar-refractivity contribution is -0.117. The van der Waals surface area contributed by atoms with Gasteiger partial charge in [0.2, 0.25) is 11.9 Å². The molecule has 0 aliphatic carbocycles. The molecule has 0 radical (unpaired) electrons. The van der Waals surface area contributed by atoms with E-state index in [9.17, 15) is 9.59 Å². The van der Waals surface area contributed by atoms with E-state index in [-0.39, 0.29) is 30.3 Å². The molecular weight excluding hydrogens is 406 g/mol. The van der Waals surface area contributed by atoms with E-state index in [0.29, 0.717) is 10.8 Å². The van der Waals surface area contributed by atoms with Gasteiger partial charge in [-0.3, -0.25) is 20.2 Å². The Balaban J connectivity index is 1.53. The number of hydrogen-bond donors (Lipinski definition) is 2. The highest BCUT2D eigenvalue weighted by Crippen LogP contribution is 2.30. The monoisotopic (exact) mass is 423 g/mol. The smallest absolute Gasteiger partial charge is 0.250 e. The van der Waals surface area contributed by atoms with Gasteiger partial charge < -0.3 is 4.74 Å². The lowest BCUT2D eigenvalue weighted by atomic mass is 10.0. The van der Waals surface area contributed by atoms with E-state index >= 15 is 0 Å². The van der Waals surface area contributed by atoms with E-state index in [2.05, 4.69) is 20.7 Å². The quantitative estimate of drug-likeness (QED) is 0.612. The molecule has 1 aromatic heterocycles. The van der Waals surface area contributed by atoms with Gasteiger partial charge in [-0.05, 0) is 29.8 Å². The summed E-state index contributed by atoms with van der Waals surface area (Å²) in [5, 5.41) is 10.3. The number of anilines is 2. The van der Waals surface area contributed by atoms with Gasteiger partial charge >= 0.3 is 0 Å². The molecule has 8 nitrogen and oxygen atoms in total. The summed E-state index contributed by atoms with van der Waals surface area (Å²) in [6.45, 7) is 0. The summed E-state index contributed by atoms with van der Waals surface area (Å²) in [6.07, 6.45) is 3.22. The lowest BCUT2D eigenvalue weighted by Crippen LogP contribution is -2.29. The van der Waals surface area contributed by atoms with Crippen molar-refractivity contribution in [2.24, 2.45) is 0 Å². The second kappa shape index (κ2) is 8.38. The van der Waals surface area contributed by atoms with Crippen molar-refractivity contribution in [2.45, 2.75) is 12.5 Å². The molecule has 2 aromatic carbocycles. The van der Waals surface area contributed by atoms with Crippen molar-refractivity contribution in [3.05, 3.63) is 70.8 Å². The highest BCUT2D eigenvalue weighted by molar-refractivity contribution is 6.30. The van der Waals surface area contributed by atoms with Crippen molar-refractivity contribution < 1.29 is 14.3 Å². The molecule has 0 spiro atoms. The summed E-state index contributed by atoms with van der Waals surface area (Å²) in [7, 11) is 1.57. The average molecular weight is 424 g/mol. The summed E-state index contributed by atoms with van der Waals surface area (Å²) in [6, 6.07) is 14.2. The Kier molecular flexibility index (Phi) is 5.49. The van der Waals surface area contributed by atoms with Gasteiger partial charge in [-0.25, -0.2) is 4.68 Å². The van der Waals surface area contributed by atoms with Crippen LogP contribution in [0.5, 0.6) is 5.75 Å². The molecule has 9 heteroatoms. The zero-order chi connectivity index (χ0) is 21.1. The first-order valence-electron chi connectivity index (χ1n) is 9.17. The van der Waals surface area contributed by atoms with Gasteiger partial charge in [0, 0.05) is 16.7 Å². The summed E-state index contributed by atoms with van der Waals surface area (Å²) in [5.74, 6) is 0.448. The maximum absolute atomic E-state index is 12.3. The van der Waals surface area contributed by atoms with Crippen LogP contribution in [0, 0.1) is 0 Å². The topological polar surface area (TPSA) is 98.1 Å². The predicted molar refractivity (Wildman–Crippen MR) is 114 cm³/mol. The highest BCUT2D eigenvalue weighted by atomic mass is 35.5. The van der Waals surface area contributed by atoms with E-state index in [1.807, 2.05) is 36.4 Å². The van der Waals surface area contributed by atoms with Crippen LogP contribution in [0.3, 0.4) is 0 Å². The number of rotatable bonds is 5. The number of para-hydroxylation sites is 1. The molecule has 0 saturated heterocycles. The van der Waals surface area contributed by atoms with Crippen LogP contribution >= 0.6 is 11.6 Å². The molecule has 1 aliphatic rings. The Morgan fingerprint density at radius 3 is 2.80 bits per heavy atom. The van der Waals surface area contributed by atoms with Gasteiger partial charge in [-0.2, -0.15) is 4.98 Å². The van der Waals surface area contributed by atoms with E-state index in [0.717, 1.165) is 11.1 Å². The Labute approximate surface area is 177 Å². The summed E-state index contributed by atoms with van der Waals surface area (Å²) in [5.41, 5.74) is 1.64. The van der Waals surface area contributed by atoms with Crippen molar-refractivity contribution in [1.29, 1.82) is 0 Å². The van der Waals surface area contributed by atoms with Crippen LogP contribution in [-0.2, 0) is 9.59 Å². The molecule has 0 saturated carbocycles. The van der Waals surface area contributed by atoms with Crippen molar-refractivity contribution >= 4 is 41.4 Å². The fourth-order valence-electron chi connectivity index (χ4n) is 3.18. The number of hydrogen-bond acceptors (Lipinski definition) is 5. The van der Waals surface area contributed by atoms with Gasteiger partial charge in [0.15, 0.2) is 0 Å². The third-order valence-electron chi connectivity index (χ3n) is 4.60. The fraction of sp³-hybridized carbons (Fsp3) is 0.143. The maximum atomic E-state index is 12.3. The second-order valence-corrected chi connectivity index (χ2v) is 7.02. The molecule has 152 valence electrons. The number of fused-ring (bicyclic) bond motifs is 1. The minimum Gasteiger partial charge on any atom is -0.496 e. The molecule has 2 amide bonds. The van der Waals surface area contributed by atoms with Crippen LogP contribution in [0.25, 0.3) is 6.08 Å². The Hall–Kier alpha value is -3.65. The molecule has 0 bridgehead atoms. The lowest BCUT2D eigenvalue weighted by Gasteiger charge is -2.23. The van der Waals surface area contributed by atoms with Crippen molar-refractivity contribution in [3.8, 4) is 5.75 Å². The zero-order valence-corrected chi connectivity index (χ0v) is 16.8. The zero-order valence-electron chi connectivity index (χ0n) is 16.0. The van der Waals surface area contributed by atoms with Gasteiger partial charge in [0.05, 0.1) is 19.6 Å². The van der Waals surface area contributed by atoms with Crippen LogP contribution in [0.4, 0.5) is 11.9 Å². The molecule has 1 aliphatic heterocycles. The molecule has 2 N–H and O–H groups in total. The maximum Gasteiger partial charge on any atom is 0.250 e. The summed E-state index contributed by atoms with van der Waals surface area (Å²) >= 11 is 5.96. The highest BCUT2D eigenvalue weighted by Gasteiger charge is 2.29. The Morgan fingerprint density at radius 1 is 1.27 bits per heavy atom. The fourth-order valence-corrected chi connectivity index (χ4v) is 3.31. The molecular formula is C21H18ClN5O3. The van der Waals surface area contributed by atoms with Crippen LogP contribution < -0.4 is 15.4 Å². The summed E-state index contributed by atoms with van der Waals surface area (Å²) < 4.78 is 6.85. The minimum absolute atomic E-state index is 0.0980. The predicted octanol–water partition coefficient (Wildman–Crippen LogP) is 3.52. The van der Waals surface area contributed by atoms with Crippen LogP contribution in [0.2, 0.25) is 5.02 Å². The normalized spacial score (nSPS) is 15.5. The van der Waals surface area contributed by atoms with E-state index in [1.54, 1.807) is 30.0 Å². The Morgan fingerprint density at radius 2 is 2.03 bits per heavy atom. The number of nitrogens with one attached hydrogen (secondary N) is 2. The number of carbonyl (C=O) groups is 2. The standard InChI is InChI=1S/C21H18ClN5O3/c1-30-17-5-3-2-4-14(17)8-11-18(28)23-20-25-21-24-19(29)12-16(27(21)26-20)13-6-9-15(22)10-7-13/h2-11,16H,12H2,1H3,(H2,23,24,25,26,28,29)/b11-8+. The van der Waals surface area contributed by atoms with E-state index in [4.69, 9.17) is 16.3 Å². The van der Waals surface area contributed by atoms with Gasteiger partial charge in [0.25, 0.3) is 11.9 Å². The first-order valence-corrected chi connectivity index (χ1v) is 9.55. The average Bonchev–Trinajstić information content (AvgIpc) is 3.14. The van der Waals surface area contributed by atoms with Crippen LogP contribution in [0.1, 0.15) is 23.6 Å². The van der Waals surface area contributed by atoms with E-state index < -0.39 is 5.91 Å². The molecule has 0 fully saturated rings. The molecule has 2 heterocycles. The molecule has 30 heavy (non-hydrogen) atoms. The third-order valence-corrected chi connectivity index (χ3v) is 4.85. The van der Waals surface area contributed by atoms with Gasteiger partial charge in [0.1, 0.15) is 5.75 Å². The number of aromatic nitrogens is 3. The van der Waals surface area contributed by atoms with Crippen molar-refractivity contribution in [1.82, 2.24) is 14.8 Å². The molecule has 1 unspecified atom stereocenters. The second-order valence-electron chi connectivity index (χ2n) is 6.59. The third kappa shape index (κ3) is 4.18. The number of benzene rings is 2. The van der Waals surface area contributed by atoms with Crippen LogP contribution in [0.15, 0.2) is 54.6 Å². The Bertz CT molecular complexity index is 1120. The summed E-state index contributed by atoms with van der Waals surface area (Å²) in [4.78, 5) is 28.6. The van der Waals surface area contributed by atoms with Gasteiger partial charge in [-0.15, -0.1) is 5.10 Å². The first kappa shape index (κ1) is 19.7. The van der Waals surface area contributed by atoms with E-state index in [1.165, 1.54) is 6.08 Å². The van der Waals surface area contributed by atoms with Crippen molar-refractivity contribution in [3.63, 3.8) is 0 Å². The number of nitrogens with zero attached hydrogens (tertiary/aromatic N) is 3. The first-order chi connectivity index (χ1) is 14.5.